The molecule has 0 saturated carbocycles. The van der Waals surface area contributed by atoms with Gasteiger partial charge in [0.05, 0.1) is 25.7 Å². The molecule has 6 nitrogen and oxygen atoms in total. The lowest BCUT2D eigenvalue weighted by molar-refractivity contribution is -0.150. The van der Waals surface area contributed by atoms with Gasteiger partial charge in [0.15, 0.2) is 11.5 Å². The lowest BCUT2D eigenvalue weighted by Gasteiger charge is -2.33. The molecule has 1 amide bonds. The Morgan fingerprint density at radius 1 is 1.10 bits per heavy atom. The molecule has 2 aromatic rings. The van der Waals surface area contributed by atoms with E-state index in [9.17, 15) is 9.59 Å². The molecule has 0 radical (unpaired) electrons. The first-order valence-corrected chi connectivity index (χ1v) is 10.6. The van der Waals surface area contributed by atoms with Gasteiger partial charge in [-0.1, -0.05) is 6.07 Å². The number of thiophene rings is 1. The first-order valence-electron chi connectivity index (χ1n) is 9.78. The van der Waals surface area contributed by atoms with Crippen molar-refractivity contribution in [2.45, 2.75) is 38.6 Å². The van der Waals surface area contributed by atoms with E-state index in [0.29, 0.717) is 35.8 Å². The highest BCUT2D eigenvalue weighted by atomic mass is 32.1. The lowest BCUT2D eigenvalue weighted by Crippen LogP contribution is -2.48. The molecule has 1 aromatic carbocycles. The van der Waals surface area contributed by atoms with Crippen molar-refractivity contribution in [3.63, 3.8) is 0 Å². The summed E-state index contributed by atoms with van der Waals surface area (Å²) in [7, 11) is 3.18. The zero-order chi connectivity index (χ0) is 20.8. The van der Waals surface area contributed by atoms with Crippen LogP contribution in [0.1, 0.15) is 39.4 Å². The van der Waals surface area contributed by atoms with Gasteiger partial charge in [0, 0.05) is 17.8 Å². The zero-order valence-electron chi connectivity index (χ0n) is 17.1. The zero-order valence-corrected chi connectivity index (χ0v) is 17.9. The van der Waals surface area contributed by atoms with E-state index in [4.69, 9.17) is 14.2 Å². The normalized spacial score (nSPS) is 16.4. The van der Waals surface area contributed by atoms with Crippen molar-refractivity contribution in [1.82, 2.24) is 4.90 Å². The minimum atomic E-state index is -0.510. The molecule has 0 bridgehead atoms. The molecule has 29 heavy (non-hydrogen) atoms. The monoisotopic (exact) mass is 417 g/mol. The predicted octanol–water partition coefficient (Wildman–Crippen LogP) is 3.85. The first-order chi connectivity index (χ1) is 14.0. The maximum absolute atomic E-state index is 12.9. The highest BCUT2D eigenvalue weighted by molar-refractivity contribution is 7.13. The van der Waals surface area contributed by atoms with Crippen LogP contribution in [0.3, 0.4) is 0 Å². The molecule has 1 saturated heterocycles. The van der Waals surface area contributed by atoms with Gasteiger partial charge in [0.1, 0.15) is 6.04 Å². The van der Waals surface area contributed by atoms with Crippen molar-refractivity contribution in [3.05, 3.63) is 45.6 Å². The van der Waals surface area contributed by atoms with E-state index in [-0.39, 0.29) is 18.5 Å². The number of esters is 1. The van der Waals surface area contributed by atoms with Crippen molar-refractivity contribution in [2.24, 2.45) is 0 Å². The maximum atomic E-state index is 12.9. The summed E-state index contributed by atoms with van der Waals surface area (Å²) < 4.78 is 16.1. The molecular formula is C22H27NO5S. The highest BCUT2D eigenvalue weighted by Gasteiger charge is 2.34. The maximum Gasteiger partial charge on any atom is 0.328 e. The second kappa shape index (κ2) is 9.78. The van der Waals surface area contributed by atoms with Crippen LogP contribution in [0.2, 0.25) is 0 Å². The summed E-state index contributed by atoms with van der Waals surface area (Å²) >= 11 is 1.46. The molecule has 1 aliphatic heterocycles. The molecule has 0 aliphatic carbocycles. The third-order valence-corrected chi connectivity index (χ3v) is 6.06. The summed E-state index contributed by atoms with van der Waals surface area (Å²) in [6.07, 6.45) is 3.04. The molecule has 7 heteroatoms. The topological polar surface area (TPSA) is 65.1 Å². The van der Waals surface area contributed by atoms with Gasteiger partial charge in [0.25, 0.3) is 5.91 Å². The largest absolute Gasteiger partial charge is 0.493 e. The van der Waals surface area contributed by atoms with Crippen molar-refractivity contribution >= 4 is 23.2 Å². The van der Waals surface area contributed by atoms with Crippen LogP contribution in [0.4, 0.5) is 0 Å². The fraction of sp³-hybridized carbons (Fsp3) is 0.455. The van der Waals surface area contributed by atoms with Gasteiger partial charge >= 0.3 is 5.97 Å². The smallest absolute Gasteiger partial charge is 0.328 e. The molecule has 1 aromatic heterocycles. The summed E-state index contributed by atoms with van der Waals surface area (Å²) in [5.41, 5.74) is 0.987. The Kier molecular flexibility index (Phi) is 7.14. The van der Waals surface area contributed by atoms with Gasteiger partial charge in [-0.15, -0.1) is 11.3 Å². The summed E-state index contributed by atoms with van der Waals surface area (Å²) in [5, 5.41) is 0. The van der Waals surface area contributed by atoms with Gasteiger partial charge in [-0.05, 0) is 56.0 Å². The number of amides is 1. The predicted molar refractivity (Wildman–Crippen MR) is 112 cm³/mol. The first kappa shape index (κ1) is 21.2. The fourth-order valence-corrected chi connectivity index (χ4v) is 4.34. The number of rotatable bonds is 7. The second-order valence-corrected chi connectivity index (χ2v) is 8.32. The van der Waals surface area contributed by atoms with E-state index in [1.165, 1.54) is 11.3 Å². The molecule has 1 unspecified atom stereocenters. The minimum absolute atomic E-state index is 0.0790. The number of hydrogen-bond acceptors (Lipinski definition) is 6. The quantitative estimate of drug-likeness (QED) is 0.640. The SMILES string of the molecule is COc1ccc(CCOC(=O)C2CCCCN2C(=O)c2ccc(C)s2)cc1OC. The number of ether oxygens (including phenoxy) is 3. The number of benzene rings is 1. The molecule has 1 fully saturated rings. The summed E-state index contributed by atoms with van der Waals surface area (Å²) in [6, 6.07) is 8.88. The van der Waals surface area contributed by atoms with Gasteiger partial charge in [0.2, 0.25) is 0 Å². The number of carbonyl (C=O) groups is 2. The van der Waals surface area contributed by atoms with E-state index >= 15 is 0 Å². The molecule has 2 heterocycles. The van der Waals surface area contributed by atoms with E-state index in [1.54, 1.807) is 19.1 Å². The van der Waals surface area contributed by atoms with Crippen LogP contribution in [-0.4, -0.2) is 50.2 Å². The average molecular weight is 418 g/mol. The third kappa shape index (κ3) is 5.09. The molecule has 0 spiro atoms. The minimum Gasteiger partial charge on any atom is -0.493 e. The molecule has 3 rings (SSSR count). The number of methoxy groups -OCH3 is 2. The Bertz CT molecular complexity index is 863. The van der Waals surface area contributed by atoms with Crippen LogP contribution < -0.4 is 9.47 Å². The van der Waals surface area contributed by atoms with E-state index in [1.807, 2.05) is 37.3 Å². The Balaban J connectivity index is 1.59. The van der Waals surface area contributed by atoms with Crippen LogP contribution >= 0.6 is 11.3 Å². The van der Waals surface area contributed by atoms with Gasteiger partial charge in [-0.25, -0.2) is 4.79 Å². The van der Waals surface area contributed by atoms with Crippen molar-refractivity contribution in [1.29, 1.82) is 0 Å². The third-order valence-electron chi connectivity index (χ3n) is 5.07. The van der Waals surface area contributed by atoms with Crippen molar-refractivity contribution in [3.8, 4) is 11.5 Å². The molecule has 0 N–H and O–H groups in total. The Labute approximate surface area is 175 Å². The number of nitrogens with zero attached hydrogens (tertiary/aromatic N) is 1. The highest BCUT2D eigenvalue weighted by Crippen LogP contribution is 2.28. The van der Waals surface area contributed by atoms with Crippen molar-refractivity contribution < 1.29 is 23.8 Å². The fourth-order valence-electron chi connectivity index (χ4n) is 3.51. The Hall–Kier alpha value is -2.54. The summed E-state index contributed by atoms with van der Waals surface area (Å²) in [6.45, 7) is 2.81. The number of likely N-dealkylation sites (tertiary alicyclic amines) is 1. The van der Waals surface area contributed by atoms with Crippen LogP contribution in [-0.2, 0) is 16.0 Å². The van der Waals surface area contributed by atoms with Crippen LogP contribution in [0, 0.1) is 6.92 Å². The summed E-state index contributed by atoms with van der Waals surface area (Å²) in [5.74, 6) is 0.900. The number of hydrogen-bond donors (Lipinski definition) is 0. The average Bonchev–Trinajstić information content (AvgIpc) is 3.19. The van der Waals surface area contributed by atoms with Crippen LogP contribution in [0.25, 0.3) is 0 Å². The van der Waals surface area contributed by atoms with E-state index < -0.39 is 6.04 Å². The van der Waals surface area contributed by atoms with E-state index in [2.05, 4.69) is 0 Å². The van der Waals surface area contributed by atoms with Crippen LogP contribution in [0.5, 0.6) is 11.5 Å². The molecular weight excluding hydrogens is 390 g/mol. The Morgan fingerprint density at radius 2 is 1.90 bits per heavy atom. The van der Waals surface area contributed by atoms with Gasteiger partial charge < -0.3 is 19.1 Å². The standard InChI is InChI=1S/C22H27NO5S/c1-15-7-10-20(29-15)21(24)23-12-5-4-6-17(23)22(25)28-13-11-16-8-9-18(26-2)19(14-16)27-3/h7-10,14,17H,4-6,11-13H2,1-3H3. The van der Waals surface area contributed by atoms with E-state index in [0.717, 1.165) is 23.3 Å². The lowest BCUT2D eigenvalue weighted by atomic mass is 10.0. The van der Waals surface area contributed by atoms with Crippen molar-refractivity contribution in [2.75, 3.05) is 27.4 Å². The van der Waals surface area contributed by atoms with Gasteiger partial charge in [-0.3, -0.25) is 4.79 Å². The summed E-state index contributed by atoms with van der Waals surface area (Å²) in [4.78, 5) is 29.0. The molecule has 156 valence electrons. The molecule has 1 aliphatic rings. The van der Waals surface area contributed by atoms with Crippen LogP contribution in [0.15, 0.2) is 30.3 Å². The number of aryl methyl sites for hydroxylation is 1. The van der Waals surface area contributed by atoms with Gasteiger partial charge in [-0.2, -0.15) is 0 Å². The second-order valence-electron chi connectivity index (χ2n) is 7.03. The number of piperidine rings is 1. The number of carbonyl (C=O) groups excluding carboxylic acids is 2. The Morgan fingerprint density at radius 3 is 2.59 bits per heavy atom. The molecule has 1 atom stereocenters.